The number of halogens is 1. The van der Waals surface area contributed by atoms with Crippen molar-refractivity contribution < 1.29 is 4.79 Å². The van der Waals surface area contributed by atoms with Gasteiger partial charge in [0.05, 0.1) is 10.6 Å². The molecule has 1 aromatic heterocycles. The highest BCUT2D eigenvalue weighted by Gasteiger charge is 2.10. The molecule has 0 saturated heterocycles. The lowest BCUT2D eigenvalue weighted by Gasteiger charge is -2.04. The van der Waals surface area contributed by atoms with Crippen LogP contribution >= 0.6 is 11.6 Å². The molecule has 5 heteroatoms. The molecular formula is C12H9ClN2O2. The molecule has 0 radical (unpaired) electrons. The summed E-state index contributed by atoms with van der Waals surface area (Å²) in [7, 11) is 0. The van der Waals surface area contributed by atoms with Crippen molar-refractivity contribution in [3.8, 4) is 11.1 Å². The van der Waals surface area contributed by atoms with Crippen LogP contribution in [-0.4, -0.2) is 10.9 Å². The molecule has 3 N–H and O–H groups in total. The number of carbonyl (C=O) groups excluding carboxylic acids is 1. The SMILES string of the molecule is NC(=O)c1cc(-c2ccc[nH]c2=O)ccc1Cl. The molecule has 1 aromatic carbocycles. The lowest BCUT2D eigenvalue weighted by molar-refractivity contribution is 0.100. The number of carbonyl (C=O) groups is 1. The zero-order chi connectivity index (χ0) is 12.4. The van der Waals surface area contributed by atoms with E-state index in [9.17, 15) is 9.59 Å². The minimum atomic E-state index is -0.621. The van der Waals surface area contributed by atoms with Gasteiger partial charge in [-0.3, -0.25) is 9.59 Å². The van der Waals surface area contributed by atoms with E-state index in [-0.39, 0.29) is 16.1 Å². The van der Waals surface area contributed by atoms with E-state index in [1.807, 2.05) is 0 Å². The summed E-state index contributed by atoms with van der Waals surface area (Å²) >= 11 is 5.83. The number of hydrogen-bond acceptors (Lipinski definition) is 2. The van der Waals surface area contributed by atoms with Gasteiger partial charge >= 0.3 is 0 Å². The normalized spacial score (nSPS) is 10.2. The number of hydrogen-bond donors (Lipinski definition) is 2. The third-order valence-electron chi connectivity index (χ3n) is 2.36. The number of aromatic amines is 1. The van der Waals surface area contributed by atoms with Crippen molar-refractivity contribution in [1.82, 2.24) is 4.98 Å². The van der Waals surface area contributed by atoms with Crippen molar-refractivity contribution in [3.63, 3.8) is 0 Å². The van der Waals surface area contributed by atoms with Crippen molar-refractivity contribution >= 4 is 17.5 Å². The molecule has 0 aliphatic rings. The van der Waals surface area contributed by atoms with Gasteiger partial charge in [0.1, 0.15) is 0 Å². The highest BCUT2D eigenvalue weighted by atomic mass is 35.5. The summed E-state index contributed by atoms with van der Waals surface area (Å²) in [6, 6.07) is 8.08. The van der Waals surface area contributed by atoms with E-state index in [2.05, 4.69) is 4.98 Å². The first-order valence-corrected chi connectivity index (χ1v) is 5.25. The van der Waals surface area contributed by atoms with Crippen LogP contribution in [0.3, 0.4) is 0 Å². The van der Waals surface area contributed by atoms with E-state index in [0.29, 0.717) is 11.1 Å². The molecule has 0 aliphatic heterocycles. The fourth-order valence-electron chi connectivity index (χ4n) is 1.53. The van der Waals surface area contributed by atoms with Crippen molar-refractivity contribution in [1.29, 1.82) is 0 Å². The van der Waals surface area contributed by atoms with Gasteiger partial charge in [-0.15, -0.1) is 0 Å². The summed E-state index contributed by atoms with van der Waals surface area (Å²) in [5.74, 6) is -0.621. The van der Waals surface area contributed by atoms with Gasteiger partial charge in [-0.2, -0.15) is 0 Å². The summed E-state index contributed by atoms with van der Waals surface area (Å²) in [5.41, 5.74) is 6.23. The molecule has 2 rings (SSSR count). The molecule has 0 saturated carbocycles. The van der Waals surface area contributed by atoms with Crippen molar-refractivity contribution in [3.05, 3.63) is 57.5 Å². The van der Waals surface area contributed by atoms with Crippen LogP contribution in [0, 0.1) is 0 Å². The van der Waals surface area contributed by atoms with Gasteiger partial charge in [0.2, 0.25) is 5.91 Å². The number of benzene rings is 1. The summed E-state index contributed by atoms with van der Waals surface area (Å²) in [6.07, 6.45) is 1.54. The standard InChI is InChI=1S/C12H9ClN2O2/c13-10-4-3-7(6-9(10)11(14)16)8-2-1-5-15-12(8)17/h1-6H,(H2,14,16)(H,15,17). The van der Waals surface area contributed by atoms with Gasteiger partial charge in [-0.25, -0.2) is 0 Å². The maximum absolute atomic E-state index is 11.6. The van der Waals surface area contributed by atoms with Gasteiger partial charge in [-0.1, -0.05) is 17.7 Å². The number of primary amides is 1. The fraction of sp³-hybridized carbons (Fsp3) is 0. The quantitative estimate of drug-likeness (QED) is 0.850. The molecule has 0 atom stereocenters. The Morgan fingerprint density at radius 3 is 2.71 bits per heavy atom. The molecule has 0 fully saturated rings. The molecule has 0 unspecified atom stereocenters. The van der Waals surface area contributed by atoms with Crippen molar-refractivity contribution in [2.75, 3.05) is 0 Å². The number of nitrogens with two attached hydrogens (primary N) is 1. The minimum Gasteiger partial charge on any atom is -0.366 e. The summed E-state index contributed by atoms with van der Waals surface area (Å²) in [4.78, 5) is 25.3. The van der Waals surface area contributed by atoms with Crippen LogP contribution in [0.25, 0.3) is 11.1 Å². The molecular weight excluding hydrogens is 240 g/mol. The second kappa shape index (κ2) is 4.43. The van der Waals surface area contributed by atoms with Crippen LogP contribution in [-0.2, 0) is 0 Å². The number of pyridine rings is 1. The maximum atomic E-state index is 11.6. The second-order valence-electron chi connectivity index (χ2n) is 3.47. The van der Waals surface area contributed by atoms with E-state index in [1.165, 1.54) is 12.3 Å². The third kappa shape index (κ3) is 2.21. The lowest BCUT2D eigenvalue weighted by Crippen LogP contribution is -2.12. The molecule has 0 aliphatic carbocycles. The summed E-state index contributed by atoms with van der Waals surface area (Å²) < 4.78 is 0. The van der Waals surface area contributed by atoms with Crippen LogP contribution in [0.1, 0.15) is 10.4 Å². The van der Waals surface area contributed by atoms with E-state index in [0.717, 1.165) is 0 Å². The van der Waals surface area contributed by atoms with Gasteiger partial charge in [-0.05, 0) is 29.8 Å². The predicted molar refractivity (Wildman–Crippen MR) is 66.0 cm³/mol. The van der Waals surface area contributed by atoms with E-state index in [1.54, 1.807) is 24.3 Å². The molecule has 17 heavy (non-hydrogen) atoms. The van der Waals surface area contributed by atoms with Gasteiger partial charge in [0, 0.05) is 11.8 Å². The van der Waals surface area contributed by atoms with Crippen LogP contribution in [0.15, 0.2) is 41.3 Å². The zero-order valence-corrected chi connectivity index (χ0v) is 9.49. The average molecular weight is 249 g/mol. The Balaban J connectivity index is 2.62. The molecule has 4 nitrogen and oxygen atoms in total. The molecule has 86 valence electrons. The smallest absolute Gasteiger partial charge is 0.255 e. The predicted octanol–water partition coefficient (Wildman–Crippen LogP) is 1.79. The Morgan fingerprint density at radius 2 is 2.06 bits per heavy atom. The highest BCUT2D eigenvalue weighted by molar-refractivity contribution is 6.33. The maximum Gasteiger partial charge on any atom is 0.255 e. The number of amides is 1. The monoisotopic (exact) mass is 248 g/mol. The largest absolute Gasteiger partial charge is 0.366 e. The second-order valence-corrected chi connectivity index (χ2v) is 3.88. The van der Waals surface area contributed by atoms with Gasteiger partial charge in [0.15, 0.2) is 0 Å². The van der Waals surface area contributed by atoms with E-state index in [4.69, 9.17) is 17.3 Å². The van der Waals surface area contributed by atoms with Crippen molar-refractivity contribution in [2.45, 2.75) is 0 Å². The van der Waals surface area contributed by atoms with Crippen LogP contribution in [0.5, 0.6) is 0 Å². The Kier molecular flexibility index (Phi) is 2.97. The topological polar surface area (TPSA) is 76.0 Å². The first kappa shape index (κ1) is 11.4. The lowest BCUT2D eigenvalue weighted by atomic mass is 10.0. The first-order valence-electron chi connectivity index (χ1n) is 4.87. The number of H-pyrrole nitrogens is 1. The van der Waals surface area contributed by atoms with Crippen LogP contribution in [0.4, 0.5) is 0 Å². The Labute approximate surface area is 102 Å². The molecule has 0 spiro atoms. The van der Waals surface area contributed by atoms with Crippen LogP contribution in [0.2, 0.25) is 5.02 Å². The van der Waals surface area contributed by atoms with Gasteiger partial charge in [0.25, 0.3) is 5.56 Å². The minimum absolute atomic E-state index is 0.201. The molecule has 1 heterocycles. The Hall–Kier alpha value is -2.07. The Bertz CT molecular complexity index is 634. The number of rotatable bonds is 2. The number of aromatic nitrogens is 1. The number of nitrogens with one attached hydrogen (secondary N) is 1. The summed E-state index contributed by atoms with van der Waals surface area (Å²) in [5, 5.41) is 0.272. The van der Waals surface area contributed by atoms with Gasteiger partial charge < -0.3 is 10.7 Å². The first-order chi connectivity index (χ1) is 8.09. The molecule has 2 aromatic rings. The van der Waals surface area contributed by atoms with E-state index >= 15 is 0 Å². The molecule has 0 bridgehead atoms. The summed E-state index contributed by atoms with van der Waals surface area (Å²) in [6.45, 7) is 0. The molecule has 1 amide bonds. The van der Waals surface area contributed by atoms with E-state index < -0.39 is 5.91 Å². The van der Waals surface area contributed by atoms with Crippen LogP contribution < -0.4 is 11.3 Å². The Morgan fingerprint density at radius 1 is 1.29 bits per heavy atom. The van der Waals surface area contributed by atoms with Crippen molar-refractivity contribution in [2.24, 2.45) is 5.73 Å². The average Bonchev–Trinajstić information content (AvgIpc) is 2.30. The highest BCUT2D eigenvalue weighted by Crippen LogP contribution is 2.22. The third-order valence-corrected chi connectivity index (χ3v) is 2.69. The zero-order valence-electron chi connectivity index (χ0n) is 8.74. The fourth-order valence-corrected chi connectivity index (χ4v) is 1.74.